The van der Waals surface area contributed by atoms with Crippen LogP contribution < -0.4 is 10.6 Å². The molecule has 3 atom stereocenters. The number of amides is 3. The zero-order valence-corrected chi connectivity index (χ0v) is 24.8. The van der Waals surface area contributed by atoms with Crippen molar-refractivity contribution in [2.75, 3.05) is 0 Å². The molecule has 0 spiro atoms. The fraction of sp³-hybridized carbons (Fsp3) is 0.690. The molecule has 1 rings (SSSR count). The van der Waals surface area contributed by atoms with E-state index in [0.29, 0.717) is 6.42 Å². The number of hydrogen-bond donors (Lipinski definition) is 2. The monoisotopic (exact) mass is 503 g/mol. The summed E-state index contributed by atoms with van der Waals surface area (Å²) >= 11 is 0. The average Bonchev–Trinajstić information content (AvgIpc) is 2.67. The zero-order chi connectivity index (χ0) is 28.2. The molecular weight excluding hydrogens is 454 g/mol. The second-order valence-corrected chi connectivity index (χ2v) is 12.9. The van der Waals surface area contributed by atoms with Crippen molar-refractivity contribution >= 4 is 17.9 Å². The van der Waals surface area contributed by atoms with Crippen LogP contribution in [0.1, 0.15) is 105 Å². The summed E-state index contributed by atoms with van der Waals surface area (Å²) < 4.78 is 5.47. The summed E-state index contributed by atoms with van der Waals surface area (Å²) in [6.45, 7) is 24.6. The SMILES string of the molecule is CCC(C)C(NC(=O)OC(C)(C)C)C(=O)N(C(C(=O)NC(C)(C)C)c1cc(C)ccc1C)C(C)(C)C. The molecule has 0 saturated carbocycles. The summed E-state index contributed by atoms with van der Waals surface area (Å²) in [5.41, 5.74) is 0.747. The molecule has 36 heavy (non-hydrogen) atoms. The Morgan fingerprint density at radius 1 is 0.972 bits per heavy atom. The first-order valence-electron chi connectivity index (χ1n) is 12.9. The predicted molar refractivity (Wildman–Crippen MR) is 146 cm³/mol. The maximum absolute atomic E-state index is 14.3. The van der Waals surface area contributed by atoms with Crippen molar-refractivity contribution in [3.8, 4) is 0 Å². The van der Waals surface area contributed by atoms with Crippen molar-refractivity contribution in [2.45, 2.75) is 125 Å². The first-order chi connectivity index (χ1) is 16.2. The number of ether oxygens (including phenoxy) is 1. The highest BCUT2D eigenvalue weighted by molar-refractivity contribution is 5.93. The molecule has 3 amide bonds. The van der Waals surface area contributed by atoms with Crippen molar-refractivity contribution in [3.63, 3.8) is 0 Å². The number of nitrogens with zero attached hydrogens (tertiary/aromatic N) is 1. The van der Waals surface area contributed by atoms with Gasteiger partial charge in [-0.1, -0.05) is 44.0 Å². The Balaban J connectivity index is 3.73. The summed E-state index contributed by atoms with van der Waals surface area (Å²) in [4.78, 5) is 42.6. The van der Waals surface area contributed by atoms with Crippen molar-refractivity contribution < 1.29 is 19.1 Å². The number of benzene rings is 1. The number of carbonyl (C=O) groups excluding carboxylic acids is 3. The van der Waals surface area contributed by atoms with Gasteiger partial charge in [0.1, 0.15) is 17.7 Å². The maximum atomic E-state index is 14.3. The van der Waals surface area contributed by atoms with Crippen LogP contribution in [0.5, 0.6) is 0 Å². The van der Waals surface area contributed by atoms with Crippen LogP contribution in [0, 0.1) is 19.8 Å². The number of hydrogen-bond acceptors (Lipinski definition) is 4. The molecule has 0 radical (unpaired) electrons. The number of nitrogens with one attached hydrogen (secondary N) is 2. The van der Waals surface area contributed by atoms with Gasteiger partial charge in [0.05, 0.1) is 0 Å². The summed E-state index contributed by atoms with van der Waals surface area (Å²) in [6.07, 6.45) is 0.00409. The summed E-state index contributed by atoms with van der Waals surface area (Å²) in [5.74, 6) is -0.767. The van der Waals surface area contributed by atoms with Crippen LogP contribution in [-0.4, -0.2) is 45.5 Å². The molecule has 0 aromatic heterocycles. The molecule has 0 fully saturated rings. The third-order valence-corrected chi connectivity index (χ3v) is 5.85. The molecule has 1 aromatic rings. The van der Waals surface area contributed by atoms with Crippen LogP contribution >= 0.6 is 0 Å². The van der Waals surface area contributed by atoms with Crippen LogP contribution in [0.4, 0.5) is 4.79 Å². The van der Waals surface area contributed by atoms with E-state index in [1.165, 1.54) is 0 Å². The quantitative estimate of drug-likeness (QED) is 0.490. The Bertz CT molecular complexity index is 935. The van der Waals surface area contributed by atoms with E-state index in [2.05, 4.69) is 10.6 Å². The Morgan fingerprint density at radius 2 is 1.53 bits per heavy atom. The van der Waals surface area contributed by atoms with Crippen LogP contribution in [-0.2, 0) is 14.3 Å². The molecule has 0 bridgehead atoms. The topological polar surface area (TPSA) is 87.7 Å². The molecule has 0 heterocycles. The maximum Gasteiger partial charge on any atom is 0.408 e. The third-order valence-electron chi connectivity index (χ3n) is 5.85. The largest absolute Gasteiger partial charge is 0.444 e. The van der Waals surface area contributed by atoms with Crippen molar-refractivity contribution in [2.24, 2.45) is 5.92 Å². The Hall–Kier alpha value is -2.57. The minimum atomic E-state index is -0.886. The van der Waals surface area contributed by atoms with Gasteiger partial charge < -0.3 is 20.3 Å². The predicted octanol–water partition coefficient (Wildman–Crippen LogP) is 5.83. The van der Waals surface area contributed by atoms with Gasteiger partial charge in [-0.2, -0.15) is 0 Å². The molecule has 0 aliphatic carbocycles. The zero-order valence-electron chi connectivity index (χ0n) is 24.8. The second kappa shape index (κ2) is 11.7. The highest BCUT2D eigenvalue weighted by atomic mass is 16.6. The summed E-state index contributed by atoms with van der Waals surface area (Å²) in [5, 5.41) is 5.89. The molecule has 7 heteroatoms. The molecule has 204 valence electrons. The van der Waals surface area contributed by atoms with Gasteiger partial charge in [0.2, 0.25) is 11.8 Å². The fourth-order valence-electron chi connectivity index (χ4n) is 4.00. The van der Waals surface area contributed by atoms with Gasteiger partial charge in [-0.3, -0.25) is 9.59 Å². The molecule has 7 nitrogen and oxygen atoms in total. The van der Waals surface area contributed by atoms with Crippen LogP contribution in [0.2, 0.25) is 0 Å². The molecule has 0 aliphatic heterocycles. The molecule has 0 saturated heterocycles. The third kappa shape index (κ3) is 9.14. The summed E-state index contributed by atoms with van der Waals surface area (Å²) in [6, 6.07) is 4.18. The van der Waals surface area contributed by atoms with E-state index in [0.717, 1.165) is 16.7 Å². The van der Waals surface area contributed by atoms with E-state index < -0.39 is 34.9 Å². The standard InChI is InChI=1S/C29H49N3O4/c1-14-19(3)22(30-26(35)36-29(11,12)13)25(34)32(28(8,9)10)23(24(33)31-27(5,6)7)21-17-18(2)15-16-20(21)4/h15-17,19,22-23H,14H2,1-13H3,(H,30,35)(H,31,33). The van der Waals surface area contributed by atoms with E-state index in [9.17, 15) is 14.4 Å². The Morgan fingerprint density at radius 3 is 1.97 bits per heavy atom. The Labute approximate surface area is 218 Å². The number of carbonyl (C=O) groups is 3. The molecule has 1 aromatic carbocycles. The minimum absolute atomic E-state index is 0.181. The number of alkyl carbamates (subject to hydrolysis) is 1. The highest BCUT2D eigenvalue weighted by Crippen LogP contribution is 2.33. The first-order valence-corrected chi connectivity index (χ1v) is 12.9. The van der Waals surface area contributed by atoms with Gasteiger partial charge in [-0.05, 0) is 93.2 Å². The lowest BCUT2D eigenvalue weighted by Gasteiger charge is -2.44. The smallest absolute Gasteiger partial charge is 0.408 e. The summed E-state index contributed by atoms with van der Waals surface area (Å²) in [7, 11) is 0. The minimum Gasteiger partial charge on any atom is -0.444 e. The average molecular weight is 504 g/mol. The van der Waals surface area contributed by atoms with E-state index in [1.54, 1.807) is 25.7 Å². The second-order valence-electron chi connectivity index (χ2n) is 12.9. The normalized spacial score (nSPS) is 14.9. The highest BCUT2D eigenvalue weighted by Gasteiger charge is 2.44. The van der Waals surface area contributed by atoms with Crippen LogP contribution in [0.25, 0.3) is 0 Å². The van der Waals surface area contributed by atoms with Crippen molar-refractivity contribution in [1.82, 2.24) is 15.5 Å². The lowest BCUT2D eigenvalue weighted by Crippen LogP contribution is -2.61. The lowest BCUT2D eigenvalue weighted by atomic mass is 9.89. The van der Waals surface area contributed by atoms with E-state index in [4.69, 9.17) is 4.74 Å². The van der Waals surface area contributed by atoms with E-state index in [1.807, 2.05) is 87.4 Å². The van der Waals surface area contributed by atoms with Gasteiger partial charge in [-0.15, -0.1) is 0 Å². The molecule has 3 unspecified atom stereocenters. The molecular formula is C29H49N3O4. The van der Waals surface area contributed by atoms with Gasteiger partial charge in [-0.25, -0.2) is 4.79 Å². The van der Waals surface area contributed by atoms with Crippen LogP contribution in [0.3, 0.4) is 0 Å². The lowest BCUT2D eigenvalue weighted by molar-refractivity contribution is -0.150. The first kappa shape index (κ1) is 31.5. The number of aryl methyl sites for hydroxylation is 2. The molecule has 0 aliphatic rings. The van der Waals surface area contributed by atoms with Gasteiger partial charge in [0.15, 0.2) is 0 Å². The van der Waals surface area contributed by atoms with Gasteiger partial charge in [0.25, 0.3) is 0 Å². The molecule has 2 N–H and O–H groups in total. The van der Waals surface area contributed by atoms with Crippen molar-refractivity contribution in [1.29, 1.82) is 0 Å². The van der Waals surface area contributed by atoms with E-state index >= 15 is 0 Å². The number of rotatable bonds is 7. The van der Waals surface area contributed by atoms with Gasteiger partial charge in [0, 0.05) is 11.1 Å². The Kier molecular flexibility index (Phi) is 10.2. The van der Waals surface area contributed by atoms with Gasteiger partial charge >= 0.3 is 6.09 Å². The van der Waals surface area contributed by atoms with E-state index in [-0.39, 0.29) is 17.7 Å². The van der Waals surface area contributed by atoms with Crippen molar-refractivity contribution in [3.05, 3.63) is 34.9 Å². The van der Waals surface area contributed by atoms with Crippen LogP contribution in [0.15, 0.2) is 18.2 Å². The fourth-order valence-corrected chi connectivity index (χ4v) is 4.00.